The summed E-state index contributed by atoms with van der Waals surface area (Å²) >= 11 is 5.86. The highest BCUT2D eigenvalue weighted by Gasteiger charge is 2.50. The fraction of sp³-hybridized carbons (Fsp3) is 0.500. The summed E-state index contributed by atoms with van der Waals surface area (Å²) in [5, 5.41) is 10.6. The van der Waals surface area contributed by atoms with Crippen LogP contribution in [-0.4, -0.2) is 30.5 Å². The molecule has 0 amide bonds. The van der Waals surface area contributed by atoms with Gasteiger partial charge in [0.25, 0.3) is 0 Å². The van der Waals surface area contributed by atoms with Gasteiger partial charge in [-0.05, 0) is 17.7 Å². The zero-order chi connectivity index (χ0) is 11.2. The first-order valence-corrected chi connectivity index (χ1v) is 5.77. The SMILES string of the molecule is O[C@H]1C[C@]2(c3ccc(Cl)cc3)COC[C@H]1O2. The Morgan fingerprint density at radius 1 is 1.31 bits per heavy atom. The number of hydrogen-bond acceptors (Lipinski definition) is 3. The van der Waals surface area contributed by atoms with Gasteiger partial charge in [0.1, 0.15) is 11.7 Å². The number of hydrogen-bond donors (Lipinski definition) is 1. The average Bonchev–Trinajstić information content (AvgIpc) is 2.51. The quantitative estimate of drug-likeness (QED) is 0.812. The van der Waals surface area contributed by atoms with E-state index in [4.69, 9.17) is 21.1 Å². The van der Waals surface area contributed by atoms with Crippen LogP contribution in [0.4, 0.5) is 0 Å². The van der Waals surface area contributed by atoms with Crippen molar-refractivity contribution >= 4 is 11.6 Å². The molecule has 2 aliphatic rings. The van der Waals surface area contributed by atoms with Crippen LogP contribution in [0.15, 0.2) is 24.3 Å². The first-order valence-electron chi connectivity index (χ1n) is 5.39. The first kappa shape index (κ1) is 10.5. The van der Waals surface area contributed by atoms with E-state index in [-0.39, 0.29) is 6.10 Å². The predicted octanol–water partition coefficient (Wildman–Crippen LogP) is 1.72. The standard InChI is InChI=1S/C12H13ClO3/c13-9-3-1-8(2-4-9)12-5-10(14)11(16-12)6-15-7-12/h1-4,10-11,14H,5-7H2/t10-,11+,12+/m0/s1. The minimum absolute atomic E-state index is 0.190. The Bertz CT molecular complexity index is 388. The van der Waals surface area contributed by atoms with Gasteiger partial charge in [-0.3, -0.25) is 0 Å². The predicted molar refractivity (Wildman–Crippen MR) is 59.4 cm³/mol. The molecule has 0 unspecified atom stereocenters. The van der Waals surface area contributed by atoms with Crippen LogP contribution >= 0.6 is 11.6 Å². The van der Waals surface area contributed by atoms with Crippen LogP contribution in [0.1, 0.15) is 12.0 Å². The topological polar surface area (TPSA) is 38.7 Å². The molecule has 0 radical (unpaired) electrons. The van der Waals surface area contributed by atoms with Gasteiger partial charge in [-0.2, -0.15) is 0 Å². The molecule has 2 heterocycles. The monoisotopic (exact) mass is 240 g/mol. The summed E-state index contributed by atoms with van der Waals surface area (Å²) in [6.45, 7) is 0.985. The molecule has 0 aromatic heterocycles. The number of ether oxygens (including phenoxy) is 2. The highest BCUT2D eigenvalue weighted by Crippen LogP contribution is 2.42. The van der Waals surface area contributed by atoms with Crippen LogP contribution in [-0.2, 0) is 15.1 Å². The molecule has 16 heavy (non-hydrogen) atoms. The number of fused-ring (bicyclic) bond motifs is 2. The third kappa shape index (κ3) is 1.55. The molecule has 1 N–H and O–H groups in total. The highest BCUT2D eigenvalue weighted by atomic mass is 35.5. The van der Waals surface area contributed by atoms with Crippen molar-refractivity contribution in [3.05, 3.63) is 34.9 Å². The second-order valence-electron chi connectivity index (χ2n) is 4.44. The number of aliphatic hydroxyl groups excluding tert-OH is 1. The summed E-state index contributed by atoms with van der Waals surface area (Å²) in [5.41, 5.74) is 0.547. The van der Waals surface area contributed by atoms with Gasteiger partial charge in [0.15, 0.2) is 0 Å². The molecule has 1 aromatic rings. The van der Waals surface area contributed by atoms with Gasteiger partial charge < -0.3 is 14.6 Å². The molecule has 1 aromatic carbocycles. The number of benzene rings is 1. The van der Waals surface area contributed by atoms with E-state index < -0.39 is 11.7 Å². The van der Waals surface area contributed by atoms with Crippen molar-refractivity contribution in [3.8, 4) is 0 Å². The molecule has 0 spiro atoms. The van der Waals surface area contributed by atoms with Crippen LogP contribution in [0.3, 0.4) is 0 Å². The molecule has 2 bridgehead atoms. The van der Waals surface area contributed by atoms with Crippen LogP contribution in [0.5, 0.6) is 0 Å². The lowest BCUT2D eigenvalue weighted by Crippen LogP contribution is -2.38. The minimum atomic E-state index is -0.479. The molecular formula is C12H13ClO3. The maximum atomic E-state index is 9.85. The normalized spacial score (nSPS) is 37.6. The lowest BCUT2D eigenvalue weighted by molar-refractivity contribution is -0.170. The summed E-state index contributed by atoms with van der Waals surface area (Å²) in [7, 11) is 0. The average molecular weight is 241 g/mol. The van der Waals surface area contributed by atoms with E-state index in [9.17, 15) is 5.11 Å². The molecule has 4 heteroatoms. The Labute approximate surface area is 98.9 Å². The van der Waals surface area contributed by atoms with Crippen LogP contribution < -0.4 is 0 Å². The Morgan fingerprint density at radius 2 is 2.06 bits per heavy atom. The third-order valence-electron chi connectivity index (χ3n) is 3.33. The van der Waals surface area contributed by atoms with Gasteiger partial charge in [0, 0.05) is 11.4 Å². The second-order valence-corrected chi connectivity index (χ2v) is 4.88. The molecule has 0 saturated carbocycles. The zero-order valence-corrected chi connectivity index (χ0v) is 9.48. The van der Waals surface area contributed by atoms with E-state index in [0.29, 0.717) is 24.7 Å². The fourth-order valence-corrected chi connectivity index (χ4v) is 2.61. The van der Waals surface area contributed by atoms with Gasteiger partial charge in [-0.25, -0.2) is 0 Å². The van der Waals surface area contributed by atoms with Gasteiger partial charge in [-0.15, -0.1) is 0 Å². The van der Waals surface area contributed by atoms with E-state index in [0.717, 1.165) is 5.56 Å². The molecule has 3 atom stereocenters. The molecule has 0 aliphatic carbocycles. The van der Waals surface area contributed by atoms with E-state index in [1.807, 2.05) is 24.3 Å². The summed E-state index contributed by atoms with van der Waals surface area (Å²) < 4.78 is 11.4. The fourth-order valence-electron chi connectivity index (χ4n) is 2.49. The minimum Gasteiger partial charge on any atom is -0.390 e. The molecule has 2 saturated heterocycles. The first-order chi connectivity index (χ1) is 7.70. The molecule has 2 aliphatic heterocycles. The van der Waals surface area contributed by atoms with Crippen LogP contribution in [0.2, 0.25) is 5.02 Å². The van der Waals surface area contributed by atoms with E-state index in [1.54, 1.807) is 0 Å². The summed E-state index contributed by atoms with van der Waals surface area (Å²) in [6, 6.07) is 7.55. The van der Waals surface area contributed by atoms with Crippen molar-refractivity contribution in [2.45, 2.75) is 24.2 Å². The van der Waals surface area contributed by atoms with Crippen LogP contribution in [0.25, 0.3) is 0 Å². The van der Waals surface area contributed by atoms with Gasteiger partial charge in [-0.1, -0.05) is 23.7 Å². The Morgan fingerprint density at radius 3 is 2.81 bits per heavy atom. The molecule has 2 fully saturated rings. The Kier molecular flexibility index (Phi) is 2.44. The zero-order valence-electron chi connectivity index (χ0n) is 8.73. The van der Waals surface area contributed by atoms with Gasteiger partial charge in [0.2, 0.25) is 0 Å². The molecule has 3 rings (SSSR count). The molecule has 3 nitrogen and oxygen atoms in total. The molecular weight excluding hydrogens is 228 g/mol. The number of halogens is 1. The summed E-state index contributed by atoms with van der Waals surface area (Å²) in [5.74, 6) is 0. The van der Waals surface area contributed by atoms with E-state index in [2.05, 4.69) is 0 Å². The van der Waals surface area contributed by atoms with Crippen molar-refractivity contribution in [1.29, 1.82) is 0 Å². The Balaban J connectivity index is 1.96. The lowest BCUT2D eigenvalue weighted by Gasteiger charge is -2.33. The maximum Gasteiger partial charge on any atom is 0.119 e. The smallest absolute Gasteiger partial charge is 0.119 e. The lowest BCUT2D eigenvalue weighted by atomic mass is 9.91. The van der Waals surface area contributed by atoms with Crippen molar-refractivity contribution in [2.75, 3.05) is 13.2 Å². The van der Waals surface area contributed by atoms with Crippen LogP contribution in [0, 0.1) is 0 Å². The van der Waals surface area contributed by atoms with Gasteiger partial charge >= 0.3 is 0 Å². The van der Waals surface area contributed by atoms with Crippen molar-refractivity contribution in [1.82, 2.24) is 0 Å². The summed E-state index contributed by atoms with van der Waals surface area (Å²) in [4.78, 5) is 0. The van der Waals surface area contributed by atoms with E-state index in [1.165, 1.54) is 0 Å². The highest BCUT2D eigenvalue weighted by molar-refractivity contribution is 6.30. The van der Waals surface area contributed by atoms with E-state index >= 15 is 0 Å². The van der Waals surface area contributed by atoms with Crippen molar-refractivity contribution < 1.29 is 14.6 Å². The third-order valence-corrected chi connectivity index (χ3v) is 3.58. The van der Waals surface area contributed by atoms with Crippen molar-refractivity contribution in [3.63, 3.8) is 0 Å². The second kappa shape index (κ2) is 3.70. The number of aliphatic hydroxyl groups is 1. The largest absolute Gasteiger partial charge is 0.390 e. The molecule has 86 valence electrons. The Hall–Kier alpha value is -0.610. The van der Waals surface area contributed by atoms with Gasteiger partial charge in [0.05, 0.1) is 19.3 Å². The maximum absolute atomic E-state index is 9.85. The summed E-state index contributed by atoms with van der Waals surface area (Å²) in [6.07, 6.45) is -0.0261. The van der Waals surface area contributed by atoms with Crippen molar-refractivity contribution in [2.24, 2.45) is 0 Å². The number of rotatable bonds is 1.